The second-order valence-electron chi connectivity index (χ2n) is 7.14. The van der Waals surface area contributed by atoms with Crippen LogP contribution in [0.25, 0.3) is 0 Å². The van der Waals surface area contributed by atoms with Crippen molar-refractivity contribution in [2.45, 2.75) is 38.3 Å². The molecule has 5 heteroatoms. The van der Waals surface area contributed by atoms with Crippen LogP contribution >= 0.6 is 0 Å². The molecule has 3 rings (SSSR count). The molecule has 2 aromatic rings. The number of nitrogens with zero attached hydrogens (tertiary/aromatic N) is 1. The molecule has 0 bridgehead atoms. The van der Waals surface area contributed by atoms with E-state index in [1.54, 1.807) is 25.1 Å². The minimum absolute atomic E-state index is 0.0272. The first-order valence-corrected chi connectivity index (χ1v) is 9.32. The summed E-state index contributed by atoms with van der Waals surface area (Å²) in [5, 5.41) is 3.04. The van der Waals surface area contributed by atoms with Crippen molar-refractivity contribution in [1.82, 2.24) is 5.32 Å². The van der Waals surface area contributed by atoms with Gasteiger partial charge in [-0.15, -0.1) is 0 Å². The zero-order valence-corrected chi connectivity index (χ0v) is 16.1. The van der Waals surface area contributed by atoms with Gasteiger partial charge in [0.05, 0.1) is 11.6 Å². The zero-order chi connectivity index (χ0) is 19.4. The lowest BCUT2D eigenvalue weighted by Gasteiger charge is -2.27. The minimum Gasteiger partial charge on any atom is -0.449 e. The van der Waals surface area contributed by atoms with Gasteiger partial charge in [-0.25, -0.2) is 4.79 Å². The van der Waals surface area contributed by atoms with E-state index in [0.717, 1.165) is 30.5 Å². The second-order valence-corrected chi connectivity index (χ2v) is 7.14. The van der Waals surface area contributed by atoms with Gasteiger partial charge >= 0.3 is 5.97 Å². The molecule has 0 unspecified atom stereocenters. The average molecular weight is 366 g/mol. The Morgan fingerprint density at radius 2 is 1.93 bits per heavy atom. The number of rotatable bonds is 5. The SMILES string of the molecule is C[C@H](OC(=O)c1cccc(N(C)C)c1)C(=O)N[C@H]1CCCc2ccccc21. The maximum absolute atomic E-state index is 12.6. The summed E-state index contributed by atoms with van der Waals surface area (Å²) in [6, 6.07) is 15.3. The Morgan fingerprint density at radius 1 is 1.15 bits per heavy atom. The molecule has 142 valence electrons. The Bertz CT molecular complexity index is 832. The molecule has 1 N–H and O–H groups in total. The highest BCUT2D eigenvalue weighted by Crippen LogP contribution is 2.29. The lowest BCUT2D eigenvalue weighted by Crippen LogP contribution is -2.39. The van der Waals surface area contributed by atoms with Crippen LogP contribution in [0.2, 0.25) is 0 Å². The van der Waals surface area contributed by atoms with Crippen LogP contribution in [-0.2, 0) is 16.0 Å². The number of carbonyl (C=O) groups is 2. The highest BCUT2D eigenvalue weighted by molar-refractivity contribution is 5.93. The smallest absolute Gasteiger partial charge is 0.338 e. The number of fused-ring (bicyclic) bond motifs is 1. The number of anilines is 1. The summed E-state index contributed by atoms with van der Waals surface area (Å²) < 4.78 is 5.39. The van der Waals surface area contributed by atoms with Crippen LogP contribution in [0.1, 0.15) is 47.3 Å². The topological polar surface area (TPSA) is 58.6 Å². The predicted octanol–water partition coefficient (Wildman–Crippen LogP) is 3.49. The maximum atomic E-state index is 12.6. The lowest BCUT2D eigenvalue weighted by atomic mass is 9.87. The molecule has 1 aliphatic rings. The van der Waals surface area contributed by atoms with Crippen LogP contribution in [0.3, 0.4) is 0 Å². The fraction of sp³-hybridized carbons (Fsp3) is 0.364. The van der Waals surface area contributed by atoms with Crippen LogP contribution in [-0.4, -0.2) is 32.1 Å². The standard InChI is InChI=1S/C22H26N2O3/c1-15(27-22(26)17-10-6-11-18(14-17)24(2)3)21(25)23-20-13-7-9-16-8-4-5-12-19(16)20/h4-6,8,10-12,14-15,20H,7,9,13H2,1-3H3,(H,23,25)/t15-,20-/m0/s1. The molecule has 0 saturated carbocycles. The third-order valence-electron chi connectivity index (χ3n) is 4.94. The lowest BCUT2D eigenvalue weighted by molar-refractivity contribution is -0.130. The number of carbonyl (C=O) groups excluding carboxylic acids is 2. The van der Waals surface area contributed by atoms with E-state index in [2.05, 4.69) is 17.4 Å². The third-order valence-corrected chi connectivity index (χ3v) is 4.94. The monoisotopic (exact) mass is 366 g/mol. The van der Waals surface area contributed by atoms with Gasteiger partial charge in [-0.1, -0.05) is 30.3 Å². The van der Waals surface area contributed by atoms with Gasteiger partial charge in [0.25, 0.3) is 5.91 Å². The summed E-state index contributed by atoms with van der Waals surface area (Å²) in [6.07, 6.45) is 2.12. The van der Waals surface area contributed by atoms with Gasteiger partial charge in [-0.2, -0.15) is 0 Å². The van der Waals surface area contributed by atoms with Crippen molar-refractivity contribution in [2.24, 2.45) is 0 Å². The van der Waals surface area contributed by atoms with E-state index in [4.69, 9.17) is 4.74 Å². The Morgan fingerprint density at radius 3 is 2.70 bits per heavy atom. The predicted molar refractivity (Wildman–Crippen MR) is 106 cm³/mol. The summed E-state index contributed by atoms with van der Waals surface area (Å²) >= 11 is 0. The fourth-order valence-electron chi connectivity index (χ4n) is 3.39. The maximum Gasteiger partial charge on any atom is 0.338 e. The van der Waals surface area contributed by atoms with E-state index < -0.39 is 12.1 Å². The molecular formula is C22H26N2O3. The van der Waals surface area contributed by atoms with Crippen molar-refractivity contribution in [3.8, 4) is 0 Å². The van der Waals surface area contributed by atoms with E-state index in [0.29, 0.717) is 5.56 Å². The summed E-state index contributed by atoms with van der Waals surface area (Å²) in [6.45, 7) is 1.61. The first-order valence-electron chi connectivity index (χ1n) is 9.32. The number of esters is 1. The van der Waals surface area contributed by atoms with Crippen molar-refractivity contribution in [3.63, 3.8) is 0 Å². The van der Waals surface area contributed by atoms with Gasteiger partial charge in [-0.05, 0) is 55.5 Å². The zero-order valence-electron chi connectivity index (χ0n) is 16.1. The molecule has 0 aromatic heterocycles. The molecule has 27 heavy (non-hydrogen) atoms. The molecule has 2 atom stereocenters. The van der Waals surface area contributed by atoms with Crippen molar-refractivity contribution in [1.29, 1.82) is 0 Å². The first-order chi connectivity index (χ1) is 13.0. The quantitative estimate of drug-likeness (QED) is 0.823. The van der Waals surface area contributed by atoms with E-state index in [1.807, 2.05) is 37.2 Å². The molecule has 0 saturated heterocycles. The van der Waals surface area contributed by atoms with E-state index in [1.165, 1.54) is 5.56 Å². The van der Waals surface area contributed by atoms with Crippen LogP contribution in [0.4, 0.5) is 5.69 Å². The molecule has 0 radical (unpaired) electrons. The molecule has 5 nitrogen and oxygen atoms in total. The number of ether oxygens (including phenoxy) is 1. The van der Waals surface area contributed by atoms with Crippen LogP contribution in [0.15, 0.2) is 48.5 Å². The third kappa shape index (κ3) is 4.48. The van der Waals surface area contributed by atoms with Crippen molar-refractivity contribution in [2.75, 3.05) is 19.0 Å². The van der Waals surface area contributed by atoms with E-state index in [-0.39, 0.29) is 11.9 Å². The molecule has 2 aromatic carbocycles. The highest BCUT2D eigenvalue weighted by atomic mass is 16.5. The Balaban J connectivity index is 1.63. The van der Waals surface area contributed by atoms with Gasteiger partial charge in [0.15, 0.2) is 6.10 Å². The minimum atomic E-state index is -0.852. The highest BCUT2D eigenvalue weighted by Gasteiger charge is 2.25. The van der Waals surface area contributed by atoms with Crippen LogP contribution < -0.4 is 10.2 Å². The summed E-state index contributed by atoms with van der Waals surface area (Å²) in [5.41, 5.74) is 3.78. The van der Waals surface area contributed by atoms with E-state index >= 15 is 0 Å². The van der Waals surface area contributed by atoms with Gasteiger partial charge in [0.2, 0.25) is 0 Å². The molecule has 0 spiro atoms. The second kappa shape index (κ2) is 8.25. The van der Waals surface area contributed by atoms with Crippen LogP contribution in [0.5, 0.6) is 0 Å². The van der Waals surface area contributed by atoms with Gasteiger partial charge in [0.1, 0.15) is 0 Å². The Labute approximate surface area is 160 Å². The van der Waals surface area contributed by atoms with E-state index in [9.17, 15) is 9.59 Å². The summed E-state index contributed by atoms with van der Waals surface area (Å²) in [4.78, 5) is 26.9. The van der Waals surface area contributed by atoms with Crippen molar-refractivity contribution in [3.05, 3.63) is 65.2 Å². The largest absolute Gasteiger partial charge is 0.449 e. The molecule has 0 aliphatic heterocycles. The normalized spacial score (nSPS) is 16.8. The van der Waals surface area contributed by atoms with Crippen molar-refractivity contribution < 1.29 is 14.3 Å². The number of amides is 1. The molecule has 0 heterocycles. The van der Waals surface area contributed by atoms with Gasteiger partial charge in [0, 0.05) is 19.8 Å². The molecular weight excluding hydrogens is 340 g/mol. The molecule has 1 aliphatic carbocycles. The molecule has 0 fully saturated rings. The summed E-state index contributed by atoms with van der Waals surface area (Å²) in [7, 11) is 3.81. The van der Waals surface area contributed by atoms with Crippen LogP contribution in [0, 0.1) is 0 Å². The van der Waals surface area contributed by atoms with Crippen molar-refractivity contribution >= 4 is 17.6 Å². The molecule has 1 amide bonds. The number of benzene rings is 2. The number of hydrogen-bond acceptors (Lipinski definition) is 4. The number of hydrogen-bond donors (Lipinski definition) is 1. The van der Waals surface area contributed by atoms with Gasteiger partial charge in [-0.3, -0.25) is 4.79 Å². The Kier molecular flexibility index (Phi) is 5.79. The van der Waals surface area contributed by atoms with Gasteiger partial charge < -0.3 is 15.0 Å². The number of aryl methyl sites for hydroxylation is 1. The number of nitrogens with one attached hydrogen (secondary N) is 1. The first kappa shape index (κ1) is 19.0. The Hall–Kier alpha value is -2.82. The fourth-order valence-corrected chi connectivity index (χ4v) is 3.39. The average Bonchev–Trinajstić information content (AvgIpc) is 2.68. The summed E-state index contributed by atoms with van der Waals surface area (Å²) in [5.74, 6) is -0.765.